The van der Waals surface area contributed by atoms with E-state index >= 15 is 0 Å². The van der Waals surface area contributed by atoms with Crippen LogP contribution in [0.2, 0.25) is 10.0 Å². The Bertz CT molecular complexity index is 1070. The number of hydrogen-bond donors (Lipinski definition) is 1. The molecule has 1 aliphatic rings. The van der Waals surface area contributed by atoms with E-state index < -0.39 is 43.0 Å². The predicted molar refractivity (Wildman–Crippen MR) is 125 cm³/mol. The highest BCUT2D eigenvalue weighted by Crippen LogP contribution is 2.41. The molecule has 37 heavy (non-hydrogen) atoms. The summed E-state index contributed by atoms with van der Waals surface area (Å²) < 4.78 is 104. The lowest BCUT2D eigenvalue weighted by Gasteiger charge is -2.43. The van der Waals surface area contributed by atoms with Crippen molar-refractivity contribution in [1.82, 2.24) is 0 Å². The molecule has 0 amide bonds. The maximum atomic E-state index is 13.9. The van der Waals surface area contributed by atoms with Gasteiger partial charge in [-0.1, -0.05) is 41.8 Å². The molecule has 0 spiro atoms. The van der Waals surface area contributed by atoms with E-state index in [0.717, 1.165) is 0 Å². The third kappa shape index (κ3) is 7.13. The van der Waals surface area contributed by atoms with Crippen LogP contribution in [0.1, 0.15) is 32.6 Å². The minimum absolute atomic E-state index is 0.0538. The SMILES string of the molecule is CC(O)(N(CC1CCCC(OC(F)(F)C(F)F)C1)c1cccc(Oc2cccc(Cl)c2Cl)c1)C(F)(F)F. The largest absolute Gasteiger partial charge is 0.456 e. The van der Waals surface area contributed by atoms with Crippen LogP contribution in [0, 0.1) is 5.92 Å². The minimum atomic E-state index is -5.10. The molecule has 2 aromatic rings. The van der Waals surface area contributed by atoms with Gasteiger partial charge in [0.25, 0.3) is 0 Å². The molecule has 1 fully saturated rings. The van der Waals surface area contributed by atoms with Crippen molar-refractivity contribution in [2.45, 2.75) is 63.1 Å². The van der Waals surface area contributed by atoms with Gasteiger partial charge in [0.1, 0.15) is 16.5 Å². The van der Waals surface area contributed by atoms with Crippen LogP contribution in [-0.4, -0.2) is 42.2 Å². The zero-order valence-corrected chi connectivity index (χ0v) is 20.9. The first-order valence-electron chi connectivity index (χ1n) is 11.2. The molecule has 3 rings (SSSR count). The molecule has 1 N–H and O–H groups in total. The molecule has 3 atom stereocenters. The molecule has 0 aromatic heterocycles. The zero-order valence-electron chi connectivity index (χ0n) is 19.4. The summed E-state index contributed by atoms with van der Waals surface area (Å²) in [5.74, 6) is -0.438. The van der Waals surface area contributed by atoms with Gasteiger partial charge in [0, 0.05) is 18.3 Å². The standard InChI is InChI=1S/C24H24Cl2F7NO3/c1-22(35,24(31,32)33)34(13-14-5-2-8-17(11-14)37-23(29,30)21(27)28)15-6-3-7-16(12-15)36-19-10-4-9-18(25)20(19)26/h3-4,6-7,9-10,12,14,17,21,35H,2,5,8,11,13H2,1H3. The van der Waals surface area contributed by atoms with Crippen LogP contribution in [0.4, 0.5) is 36.4 Å². The molecule has 0 saturated heterocycles. The summed E-state index contributed by atoms with van der Waals surface area (Å²) in [6.45, 7) is 0.143. The summed E-state index contributed by atoms with van der Waals surface area (Å²) in [4.78, 5) is 0.678. The Kier molecular flexibility index (Phi) is 9.14. The van der Waals surface area contributed by atoms with Crippen LogP contribution >= 0.6 is 23.2 Å². The van der Waals surface area contributed by atoms with Crippen LogP contribution < -0.4 is 9.64 Å². The van der Waals surface area contributed by atoms with Gasteiger partial charge in [-0.15, -0.1) is 0 Å². The molecule has 0 aliphatic heterocycles. The van der Waals surface area contributed by atoms with Gasteiger partial charge in [0.2, 0.25) is 5.72 Å². The van der Waals surface area contributed by atoms with E-state index in [1.165, 1.54) is 36.4 Å². The molecule has 1 saturated carbocycles. The highest BCUT2D eigenvalue weighted by atomic mass is 35.5. The van der Waals surface area contributed by atoms with E-state index in [-0.39, 0.29) is 46.5 Å². The number of ether oxygens (including phenoxy) is 2. The highest BCUT2D eigenvalue weighted by Gasteiger charge is 2.55. The fourth-order valence-corrected chi connectivity index (χ4v) is 4.47. The molecule has 3 unspecified atom stereocenters. The van der Waals surface area contributed by atoms with Gasteiger partial charge in [0.15, 0.2) is 0 Å². The van der Waals surface area contributed by atoms with Crippen molar-refractivity contribution in [3.8, 4) is 11.5 Å². The quantitative estimate of drug-likeness (QED) is 0.240. The lowest BCUT2D eigenvalue weighted by molar-refractivity contribution is -0.322. The Morgan fingerprint density at radius 2 is 1.73 bits per heavy atom. The molecular formula is C24H24Cl2F7NO3. The second-order valence-electron chi connectivity index (χ2n) is 8.92. The monoisotopic (exact) mass is 577 g/mol. The average molecular weight is 578 g/mol. The van der Waals surface area contributed by atoms with E-state index in [9.17, 15) is 35.8 Å². The summed E-state index contributed by atoms with van der Waals surface area (Å²) in [7, 11) is 0. The van der Waals surface area contributed by atoms with Crippen molar-refractivity contribution >= 4 is 28.9 Å². The van der Waals surface area contributed by atoms with Gasteiger partial charge in [-0.3, -0.25) is 0 Å². The first-order valence-corrected chi connectivity index (χ1v) is 12.0. The maximum absolute atomic E-state index is 13.9. The Morgan fingerprint density at radius 1 is 1.05 bits per heavy atom. The Balaban J connectivity index is 1.88. The lowest BCUT2D eigenvalue weighted by Crippen LogP contribution is -2.58. The number of halogens is 9. The molecule has 206 valence electrons. The fourth-order valence-electron chi connectivity index (χ4n) is 4.14. The highest BCUT2D eigenvalue weighted by molar-refractivity contribution is 6.42. The number of hydrogen-bond acceptors (Lipinski definition) is 4. The summed E-state index contributed by atoms with van der Waals surface area (Å²) in [5, 5.41) is 10.8. The number of benzene rings is 2. The first kappa shape index (κ1) is 29.6. The summed E-state index contributed by atoms with van der Waals surface area (Å²) >= 11 is 12.1. The Morgan fingerprint density at radius 3 is 2.38 bits per heavy atom. The second kappa shape index (κ2) is 11.4. The van der Waals surface area contributed by atoms with E-state index in [4.69, 9.17) is 27.9 Å². The molecular weight excluding hydrogens is 554 g/mol. The zero-order chi connectivity index (χ0) is 27.6. The van der Waals surface area contributed by atoms with Gasteiger partial charge in [0.05, 0.1) is 11.1 Å². The van der Waals surface area contributed by atoms with E-state index in [2.05, 4.69) is 4.74 Å². The molecule has 1 aliphatic carbocycles. The van der Waals surface area contributed by atoms with Gasteiger partial charge in [-0.25, -0.2) is 8.78 Å². The van der Waals surface area contributed by atoms with Crippen LogP contribution in [-0.2, 0) is 4.74 Å². The topological polar surface area (TPSA) is 41.9 Å². The van der Waals surface area contributed by atoms with Gasteiger partial charge in [-0.05, 0) is 56.4 Å². The minimum Gasteiger partial charge on any atom is -0.456 e. The maximum Gasteiger partial charge on any atom is 0.436 e. The third-order valence-electron chi connectivity index (χ3n) is 6.09. The summed E-state index contributed by atoms with van der Waals surface area (Å²) in [6, 6.07) is 10.0. The van der Waals surface area contributed by atoms with Crippen molar-refractivity contribution in [3.05, 3.63) is 52.5 Å². The molecule has 4 nitrogen and oxygen atoms in total. The number of alkyl halides is 7. The van der Waals surface area contributed by atoms with Crippen molar-refractivity contribution < 1.29 is 45.3 Å². The van der Waals surface area contributed by atoms with E-state index in [1.807, 2.05) is 0 Å². The molecule has 0 bridgehead atoms. The van der Waals surface area contributed by atoms with Gasteiger partial charge < -0.3 is 19.5 Å². The normalized spacial score (nSPS) is 20.5. The van der Waals surface area contributed by atoms with E-state index in [1.54, 1.807) is 6.07 Å². The van der Waals surface area contributed by atoms with Crippen LogP contribution in [0.3, 0.4) is 0 Å². The number of aliphatic hydroxyl groups is 1. The first-order chi connectivity index (χ1) is 17.1. The molecule has 0 radical (unpaired) electrons. The van der Waals surface area contributed by atoms with Crippen LogP contribution in [0.25, 0.3) is 0 Å². The molecule has 2 aromatic carbocycles. The number of nitrogens with zero attached hydrogens (tertiary/aromatic N) is 1. The number of anilines is 1. The predicted octanol–water partition coefficient (Wildman–Crippen LogP) is 8.30. The summed E-state index contributed by atoms with van der Waals surface area (Å²) in [5.41, 5.74) is -3.45. The van der Waals surface area contributed by atoms with Crippen molar-refractivity contribution in [3.63, 3.8) is 0 Å². The Hall–Kier alpha value is -1.95. The van der Waals surface area contributed by atoms with Gasteiger partial charge >= 0.3 is 18.7 Å². The lowest BCUT2D eigenvalue weighted by atomic mass is 9.86. The average Bonchev–Trinajstić information content (AvgIpc) is 2.80. The Labute approximate surface area is 218 Å². The van der Waals surface area contributed by atoms with Gasteiger partial charge in [-0.2, -0.15) is 22.0 Å². The van der Waals surface area contributed by atoms with Crippen molar-refractivity contribution in [2.75, 3.05) is 11.4 Å². The van der Waals surface area contributed by atoms with Crippen molar-refractivity contribution in [1.29, 1.82) is 0 Å². The third-order valence-corrected chi connectivity index (χ3v) is 6.89. The van der Waals surface area contributed by atoms with Crippen molar-refractivity contribution in [2.24, 2.45) is 5.92 Å². The van der Waals surface area contributed by atoms with Crippen LogP contribution in [0.15, 0.2) is 42.5 Å². The smallest absolute Gasteiger partial charge is 0.436 e. The number of rotatable bonds is 9. The second-order valence-corrected chi connectivity index (χ2v) is 9.70. The summed E-state index contributed by atoms with van der Waals surface area (Å²) in [6.07, 6.45) is -14.6. The molecule has 0 heterocycles. The fraction of sp³-hybridized carbons (Fsp3) is 0.500. The van der Waals surface area contributed by atoms with Crippen LogP contribution in [0.5, 0.6) is 11.5 Å². The van der Waals surface area contributed by atoms with E-state index in [0.29, 0.717) is 18.2 Å². The molecule has 13 heteroatoms.